The van der Waals surface area contributed by atoms with Crippen molar-refractivity contribution in [3.05, 3.63) is 89.2 Å². The predicted octanol–water partition coefficient (Wildman–Crippen LogP) is 4.80. The SMILES string of the molecule is CC(C)(NC(=O)c1ccc(-n2cccc2)cc1)c1ccc(Cl)cc1. The summed E-state index contributed by atoms with van der Waals surface area (Å²) in [6, 6.07) is 19.0. The zero-order valence-corrected chi connectivity index (χ0v) is 14.4. The van der Waals surface area contributed by atoms with Crippen molar-refractivity contribution in [2.75, 3.05) is 0 Å². The van der Waals surface area contributed by atoms with E-state index in [4.69, 9.17) is 11.6 Å². The van der Waals surface area contributed by atoms with Crippen LogP contribution in [0.5, 0.6) is 0 Å². The van der Waals surface area contributed by atoms with E-state index in [1.165, 1.54) is 0 Å². The zero-order valence-electron chi connectivity index (χ0n) is 13.7. The van der Waals surface area contributed by atoms with Crippen LogP contribution in [0.15, 0.2) is 73.1 Å². The first-order valence-corrected chi connectivity index (χ1v) is 8.15. The number of aromatic nitrogens is 1. The van der Waals surface area contributed by atoms with E-state index in [1.807, 2.05) is 91.5 Å². The van der Waals surface area contributed by atoms with Crippen LogP contribution < -0.4 is 5.32 Å². The maximum atomic E-state index is 12.6. The summed E-state index contributed by atoms with van der Waals surface area (Å²) in [4.78, 5) is 12.6. The van der Waals surface area contributed by atoms with Crippen LogP contribution in [0, 0.1) is 0 Å². The fourth-order valence-electron chi connectivity index (χ4n) is 2.59. The number of hydrogen-bond donors (Lipinski definition) is 1. The van der Waals surface area contributed by atoms with E-state index in [-0.39, 0.29) is 5.91 Å². The van der Waals surface area contributed by atoms with E-state index in [0.717, 1.165) is 11.3 Å². The number of carbonyl (C=O) groups excluding carboxylic acids is 1. The van der Waals surface area contributed by atoms with Crippen molar-refractivity contribution in [1.29, 1.82) is 0 Å². The molecule has 3 nitrogen and oxygen atoms in total. The van der Waals surface area contributed by atoms with Crippen molar-refractivity contribution in [2.45, 2.75) is 19.4 Å². The Balaban J connectivity index is 1.75. The van der Waals surface area contributed by atoms with E-state index in [2.05, 4.69) is 5.32 Å². The minimum absolute atomic E-state index is 0.103. The molecule has 1 N–H and O–H groups in total. The van der Waals surface area contributed by atoms with Gasteiger partial charge in [-0.3, -0.25) is 4.79 Å². The van der Waals surface area contributed by atoms with Gasteiger partial charge < -0.3 is 9.88 Å². The number of rotatable bonds is 4. The lowest BCUT2D eigenvalue weighted by molar-refractivity contribution is 0.0912. The highest BCUT2D eigenvalue weighted by atomic mass is 35.5. The zero-order chi connectivity index (χ0) is 17.2. The Labute approximate surface area is 146 Å². The maximum absolute atomic E-state index is 12.6. The topological polar surface area (TPSA) is 34.0 Å². The van der Waals surface area contributed by atoms with Crippen LogP contribution in [0.1, 0.15) is 29.8 Å². The number of hydrogen-bond acceptors (Lipinski definition) is 1. The van der Waals surface area contributed by atoms with Gasteiger partial charge in [0.25, 0.3) is 5.91 Å². The summed E-state index contributed by atoms with van der Waals surface area (Å²) in [5.74, 6) is -0.103. The van der Waals surface area contributed by atoms with Crippen LogP contribution in [0.4, 0.5) is 0 Å². The van der Waals surface area contributed by atoms with Gasteiger partial charge >= 0.3 is 0 Å². The summed E-state index contributed by atoms with van der Waals surface area (Å²) < 4.78 is 2.00. The Morgan fingerprint density at radius 2 is 1.54 bits per heavy atom. The molecule has 0 saturated heterocycles. The molecule has 0 radical (unpaired) electrons. The largest absolute Gasteiger partial charge is 0.343 e. The summed E-state index contributed by atoms with van der Waals surface area (Å²) in [5, 5.41) is 3.76. The van der Waals surface area contributed by atoms with Gasteiger partial charge in [-0.15, -0.1) is 0 Å². The van der Waals surface area contributed by atoms with E-state index in [0.29, 0.717) is 10.6 Å². The maximum Gasteiger partial charge on any atom is 0.251 e. The molecule has 0 aliphatic heterocycles. The van der Waals surface area contributed by atoms with Gasteiger partial charge in [-0.1, -0.05) is 23.7 Å². The quantitative estimate of drug-likeness (QED) is 0.728. The van der Waals surface area contributed by atoms with Crippen LogP contribution in [-0.4, -0.2) is 10.5 Å². The predicted molar refractivity (Wildman–Crippen MR) is 97.7 cm³/mol. The molecule has 0 spiro atoms. The molecule has 122 valence electrons. The fraction of sp³-hybridized carbons (Fsp3) is 0.150. The summed E-state index contributed by atoms with van der Waals surface area (Å²) in [6.07, 6.45) is 3.94. The van der Waals surface area contributed by atoms with Crippen LogP contribution in [0.2, 0.25) is 5.02 Å². The molecule has 0 bridgehead atoms. The second-order valence-electron chi connectivity index (χ2n) is 6.22. The third-order valence-corrected chi connectivity index (χ3v) is 4.28. The van der Waals surface area contributed by atoms with E-state index >= 15 is 0 Å². The molecule has 4 heteroatoms. The van der Waals surface area contributed by atoms with Crippen LogP contribution in [-0.2, 0) is 5.54 Å². The van der Waals surface area contributed by atoms with E-state index < -0.39 is 5.54 Å². The molecule has 0 aliphatic rings. The van der Waals surface area contributed by atoms with Gasteiger partial charge in [0.2, 0.25) is 0 Å². The first-order valence-electron chi connectivity index (χ1n) is 7.78. The minimum atomic E-state index is -0.485. The van der Waals surface area contributed by atoms with E-state index in [1.54, 1.807) is 0 Å². The van der Waals surface area contributed by atoms with Crippen molar-refractivity contribution >= 4 is 17.5 Å². The highest BCUT2D eigenvalue weighted by molar-refractivity contribution is 6.30. The third kappa shape index (κ3) is 3.52. The van der Waals surface area contributed by atoms with Crippen LogP contribution >= 0.6 is 11.6 Å². The molecular formula is C20H19ClN2O. The number of nitrogens with one attached hydrogen (secondary N) is 1. The molecule has 1 heterocycles. The van der Waals surface area contributed by atoms with Crippen molar-refractivity contribution in [3.63, 3.8) is 0 Å². The average Bonchev–Trinajstić information content (AvgIpc) is 3.09. The third-order valence-electron chi connectivity index (χ3n) is 4.02. The second kappa shape index (κ2) is 6.54. The van der Waals surface area contributed by atoms with Crippen molar-refractivity contribution in [1.82, 2.24) is 9.88 Å². The lowest BCUT2D eigenvalue weighted by Crippen LogP contribution is -2.40. The standard InChI is InChI=1S/C20H19ClN2O/c1-20(2,16-7-9-17(21)10-8-16)22-19(24)15-5-11-18(12-6-15)23-13-3-4-14-23/h3-14H,1-2H3,(H,22,24). The van der Waals surface area contributed by atoms with Gasteiger partial charge in [-0.25, -0.2) is 0 Å². The van der Waals surface area contributed by atoms with Gasteiger partial charge in [0.15, 0.2) is 0 Å². The lowest BCUT2D eigenvalue weighted by atomic mass is 9.94. The normalized spacial score (nSPS) is 11.3. The monoisotopic (exact) mass is 338 g/mol. The summed E-state index contributed by atoms with van der Waals surface area (Å²) in [5.41, 5.74) is 2.17. The molecule has 3 aromatic rings. The molecule has 1 amide bonds. The van der Waals surface area contributed by atoms with Crippen molar-refractivity contribution < 1.29 is 4.79 Å². The molecule has 24 heavy (non-hydrogen) atoms. The molecule has 0 fully saturated rings. The molecule has 0 saturated carbocycles. The Kier molecular flexibility index (Phi) is 4.45. The number of carbonyl (C=O) groups is 1. The van der Waals surface area contributed by atoms with Crippen molar-refractivity contribution in [3.8, 4) is 5.69 Å². The van der Waals surface area contributed by atoms with Gasteiger partial charge in [-0.05, 0) is 67.9 Å². The summed E-state index contributed by atoms with van der Waals surface area (Å²) in [7, 11) is 0. The summed E-state index contributed by atoms with van der Waals surface area (Å²) in [6.45, 7) is 3.95. The molecule has 1 aromatic heterocycles. The first kappa shape index (κ1) is 16.3. The number of amides is 1. The Morgan fingerprint density at radius 1 is 0.958 bits per heavy atom. The highest BCUT2D eigenvalue weighted by Crippen LogP contribution is 2.22. The first-order chi connectivity index (χ1) is 11.5. The lowest BCUT2D eigenvalue weighted by Gasteiger charge is -2.27. The number of halogens is 1. The molecule has 0 unspecified atom stereocenters. The van der Waals surface area contributed by atoms with Crippen LogP contribution in [0.25, 0.3) is 5.69 Å². The Bertz CT molecular complexity index is 819. The van der Waals surface area contributed by atoms with Gasteiger partial charge in [0.05, 0.1) is 5.54 Å². The van der Waals surface area contributed by atoms with Gasteiger partial charge in [-0.2, -0.15) is 0 Å². The summed E-state index contributed by atoms with van der Waals surface area (Å²) >= 11 is 5.93. The minimum Gasteiger partial charge on any atom is -0.343 e. The Hall–Kier alpha value is -2.52. The molecule has 0 atom stereocenters. The smallest absolute Gasteiger partial charge is 0.251 e. The molecular weight excluding hydrogens is 320 g/mol. The number of nitrogens with zero attached hydrogens (tertiary/aromatic N) is 1. The highest BCUT2D eigenvalue weighted by Gasteiger charge is 2.23. The van der Waals surface area contributed by atoms with Crippen LogP contribution in [0.3, 0.4) is 0 Å². The number of benzene rings is 2. The average molecular weight is 339 g/mol. The molecule has 0 aliphatic carbocycles. The Morgan fingerprint density at radius 3 is 2.12 bits per heavy atom. The fourth-order valence-corrected chi connectivity index (χ4v) is 2.71. The van der Waals surface area contributed by atoms with E-state index in [9.17, 15) is 4.79 Å². The van der Waals surface area contributed by atoms with Gasteiger partial charge in [0.1, 0.15) is 0 Å². The van der Waals surface area contributed by atoms with Gasteiger partial charge in [0, 0.05) is 28.7 Å². The van der Waals surface area contributed by atoms with Crippen molar-refractivity contribution in [2.24, 2.45) is 0 Å². The molecule has 2 aromatic carbocycles. The second-order valence-corrected chi connectivity index (χ2v) is 6.66. The molecule has 3 rings (SSSR count).